The second-order valence-corrected chi connectivity index (χ2v) is 9.33. The largest absolute Gasteiger partial charge is 0.465 e. The molecule has 0 atom stereocenters. The van der Waals surface area contributed by atoms with Crippen molar-refractivity contribution in [3.63, 3.8) is 0 Å². The van der Waals surface area contributed by atoms with Crippen LogP contribution in [0.1, 0.15) is 18.4 Å². The van der Waals surface area contributed by atoms with Crippen molar-refractivity contribution in [3.05, 3.63) is 101 Å². The Morgan fingerprint density at radius 2 is 1.77 bits per heavy atom. The number of nitrogens with zero attached hydrogens (tertiary/aromatic N) is 1. The van der Waals surface area contributed by atoms with Crippen LogP contribution in [0.3, 0.4) is 0 Å². The third-order valence-electron chi connectivity index (χ3n) is 5.32. The van der Waals surface area contributed by atoms with Gasteiger partial charge in [-0.3, -0.25) is 4.79 Å². The van der Waals surface area contributed by atoms with Crippen LogP contribution in [0, 0.1) is 5.82 Å². The standard InChI is InChI=1S/C25H21FN2O6S/c1-16-23(25(30)33-2)24(29)22(28(16)18-10-8-17(26)9-11-18)14-19-12-13-20(34-19)15-27-35(31,32)21-6-4-3-5-7-21/h3-14,27H,15H2,1-2H3/b22-14+. The van der Waals surface area contributed by atoms with Crippen LogP contribution >= 0.6 is 0 Å². The summed E-state index contributed by atoms with van der Waals surface area (Å²) < 4.78 is 51.3. The molecule has 0 saturated carbocycles. The van der Waals surface area contributed by atoms with Gasteiger partial charge >= 0.3 is 5.97 Å². The maximum Gasteiger partial charge on any atom is 0.343 e. The van der Waals surface area contributed by atoms with Crippen LogP contribution in [0.2, 0.25) is 0 Å². The Labute approximate surface area is 201 Å². The molecule has 0 fully saturated rings. The number of ketones is 1. The highest BCUT2D eigenvalue weighted by Crippen LogP contribution is 2.35. The van der Waals surface area contributed by atoms with E-state index in [-0.39, 0.29) is 28.5 Å². The number of carbonyl (C=O) groups is 2. The van der Waals surface area contributed by atoms with Crippen molar-refractivity contribution >= 4 is 33.5 Å². The fraction of sp³-hybridized carbons (Fsp3) is 0.120. The predicted octanol–water partition coefficient (Wildman–Crippen LogP) is 3.77. The van der Waals surface area contributed by atoms with E-state index in [0.717, 1.165) is 0 Å². The number of allylic oxidation sites excluding steroid dienone is 2. The molecule has 0 aliphatic carbocycles. The number of furan rings is 1. The first-order valence-corrected chi connectivity index (χ1v) is 11.9. The highest BCUT2D eigenvalue weighted by Gasteiger charge is 2.38. The van der Waals surface area contributed by atoms with Crippen molar-refractivity contribution in [2.75, 3.05) is 12.0 Å². The van der Waals surface area contributed by atoms with Gasteiger partial charge in [0, 0.05) is 17.5 Å². The zero-order valence-electron chi connectivity index (χ0n) is 18.8. The van der Waals surface area contributed by atoms with Gasteiger partial charge in [-0.2, -0.15) is 0 Å². The summed E-state index contributed by atoms with van der Waals surface area (Å²) in [6, 6.07) is 16.5. The van der Waals surface area contributed by atoms with Crippen LogP contribution in [-0.4, -0.2) is 27.3 Å². The van der Waals surface area contributed by atoms with Crippen LogP contribution in [0.5, 0.6) is 0 Å². The average molecular weight is 497 g/mol. The third kappa shape index (κ3) is 4.93. The highest BCUT2D eigenvalue weighted by atomic mass is 32.2. The van der Waals surface area contributed by atoms with Gasteiger partial charge in [-0.15, -0.1) is 0 Å². The maximum absolute atomic E-state index is 13.5. The number of anilines is 1. The summed E-state index contributed by atoms with van der Waals surface area (Å²) in [5.41, 5.74) is 0.734. The summed E-state index contributed by atoms with van der Waals surface area (Å²) in [6.07, 6.45) is 1.43. The lowest BCUT2D eigenvalue weighted by molar-refractivity contribution is -0.137. The predicted molar refractivity (Wildman–Crippen MR) is 126 cm³/mol. The zero-order chi connectivity index (χ0) is 25.2. The number of carbonyl (C=O) groups excluding carboxylic acids is 2. The lowest BCUT2D eigenvalue weighted by Crippen LogP contribution is -2.22. The minimum atomic E-state index is -3.73. The molecule has 10 heteroatoms. The summed E-state index contributed by atoms with van der Waals surface area (Å²) in [6.45, 7) is 1.47. The fourth-order valence-corrected chi connectivity index (χ4v) is 4.65. The van der Waals surface area contributed by atoms with Gasteiger partial charge in [0.15, 0.2) is 0 Å². The summed E-state index contributed by atoms with van der Waals surface area (Å²) >= 11 is 0. The second-order valence-electron chi connectivity index (χ2n) is 7.56. The third-order valence-corrected chi connectivity index (χ3v) is 6.74. The number of hydrogen-bond acceptors (Lipinski definition) is 7. The van der Waals surface area contributed by atoms with E-state index in [1.165, 1.54) is 54.5 Å². The quantitative estimate of drug-likeness (QED) is 0.302. The molecule has 0 radical (unpaired) electrons. The molecule has 3 aromatic rings. The summed E-state index contributed by atoms with van der Waals surface area (Å²) in [7, 11) is -2.56. The highest BCUT2D eigenvalue weighted by molar-refractivity contribution is 7.89. The molecule has 2 heterocycles. The first-order chi connectivity index (χ1) is 16.7. The van der Waals surface area contributed by atoms with Crippen molar-refractivity contribution in [2.24, 2.45) is 0 Å². The van der Waals surface area contributed by atoms with E-state index in [9.17, 15) is 22.4 Å². The van der Waals surface area contributed by atoms with Crippen molar-refractivity contribution in [2.45, 2.75) is 18.4 Å². The molecule has 180 valence electrons. The number of ether oxygens (including phenoxy) is 1. The Kier molecular flexibility index (Phi) is 6.68. The van der Waals surface area contributed by atoms with E-state index in [4.69, 9.17) is 9.15 Å². The molecule has 35 heavy (non-hydrogen) atoms. The smallest absolute Gasteiger partial charge is 0.343 e. The molecule has 0 saturated heterocycles. The Balaban J connectivity index is 1.62. The van der Waals surface area contributed by atoms with Gasteiger partial charge in [0.25, 0.3) is 0 Å². The molecule has 1 aliphatic rings. The van der Waals surface area contributed by atoms with Gasteiger partial charge in [0.2, 0.25) is 15.8 Å². The Bertz CT molecular complexity index is 1440. The van der Waals surface area contributed by atoms with Crippen LogP contribution < -0.4 is 9.62 Å². The SMILES string of the molecule is COC(=O)C1=C(C)N(c2ccc(F)cc2)/C(=C/c2ccc(CNS(=O)(=O)c3ccccc3)o2)C1=O. The van der Waals surface area contributed by atoms with Gasteiger partial charge in [0.05, 0.1) is 24.2 Å². The van der Waals surface area contributed by atoms with Gasteiger partial charge in [0.1, 0.15) is 22.9 Å². The number of sulfonamides is 1. The van der Waals surface area contributed by atoms with Crippen LogP contribution in [0.4, 0.5) is 10.1 Å². The topological polar surface area (TPSA) is 106 Å². The van der Waals surface area contributed by atoms with Crippen LogP contribution in [0.25, 0.3) is 6.08 Å². The number of hydrogen-bond donors (Lipinski definition) is 1. The zero-order valence-corrected chi connectivity index (χ0v) is 19.6. The number of rotatable bonds is 7. The lowest BCUT2D eigenvalue weighted by atomic mass is 10.1. The molecule has 1 aromatic heterocycles. The minimum absolute atomic E-state index is 0.0975. The van der Waals surface area contributed by atoms with Crippen molar-refractivity contribution in [1.82, 2.24) is 4.72 Å². The molecular formula is C25H21FN2O6S. The minimum Gasteiger partial charge on any atom is -0.465 e. The second kappa shape index (κ2) is 9.69. The molecule has 4 rings (SSSR count). The molecular weight excluding hydrogens is 475 g/mol. The van der Waals surface area contributed by atoms with E-state index in [2.05, 4.69) is 4.72 Å². The van der Waals surface area contributed by atoms with E-state index in [1.54, 1.807) is 37.3 Å². The van der Waals surface area contributed by atoms with Crippen LogP contribution in [-0.2, 0) is 30.9 Å². The average Bonchev–Trinajstić information content (AvgIpc) is 3.40. The maximum atomic E-state index is 13.5. The van der Waals surface area contributed by atoms with E-state index in [0.29, 0.717) is 17.1 Å². The first kappa shape index (κ1) is 24.1. The molecule has 0 spiro atoms. The number of benzene rings is 2. The number of halogens is 1. The van der Waals surface area contributed by atoms with Gasteiger partial charge in [-0.1, -0.05) is 18.2 Å². The monoisotopic (exact) mass is 496 g/mol. The Morgan fingerprint density at radius 3 is 2.43 bits per heavy atom. The summed E-state index contributed by atoms with van der Waals surface area (Å²) in [4.78, 5) is 27.0. The van der Waals surface area contributed by atoms with Crippen molar-refractivity contribution in [3.8, 4) is 0 Å². The number of Topliss-reactive ketones (excluding diaryl/α,β-unsaturated/α-hetero) is 1. The van der Waals surface area contributed by atoms with Gasteiger partial charge in [-0.25, -0.2) is 22.3 Å². The molecule has 0 bridgehead atoms. The van der Waals surface area contributed by atoms with Crippen molar-refractivity contribution < 1.29 is 31.6 Å². The van der Waals surface area contributed by atoms with Gasteiger partial charge < -0.3 is 14.1 Å². The molecule has 0 amide bonds. The molecule has 1 aliphatic heterocycles. The van der Waals surface area contributed by atoms with Gasteiger partial charge in [-0.05, 0) is 55.5 Å². The molecule has 1 N–H and O–H groups in total. The lowest BCUT2D eigenvalue weighted by Gasteiger charge is -2.21. The van der Waals surface area contributed by atoms with Crippen molar-refractivity contribution in [1.29, 1.82) is 0 Å². The first-order valence-electron chi connectivity index (χ1n) is 10.5. The van der Waals surface area contributed by atoms with E-state index in [1.807, 2.05) is 0 Å². The number of nitrogens with one attached hydrogen (secondary N) is 1. The Hall–Kier alpha value is -4.02. The summed E-state index contributed by atoms with van der Waals surface area (Å²) in [5.74, 6) is -1.26. The molecule has 8 nitrogen and oxygen atoms in total. The fourth-order valence-electron chi connectivity index (χ4n) is 3.63. The molecule has 2 aromatic carbocycles. The number of esters is 1. The normalized spacial score (nSPS) is 15.2. The van der Waals surface area contributed by atoms with E-state index >= 15 is 0 Å². The van der Waals surface area contributed by atoms with Crippen LogP contribution in [0.15, 0.2) is 93.0 Å². The summed E-state index contributed by atoms with van der Waals surface area (Å²) in [5, 5.41) is 0. The number of methoxy groups -OCH3 is 1. The Morgan fingerprint density at radius 1 is 1.09 bits per heavy atom. The van der Waals surface area contributed by atoms with E-state index < -0.39 is 27.6 Å². The molecule has 0 unspecified atom stereocenters.